The second kappa shape index (κ2) is 8.14. The number of para-hydroxylation sites is 1. The normalized spacial score (nSPS) is 13.0. The molecule has 0 aromatic heterocycles. The first kappa shape index (κ1) is 18.7. The molecule has 0 heterocycles. The fourth-order valence-corrected chi connectivity index (χ4v) is 3.00. The minimum absolute atomic E-state index is 0.217. The summed E-state index contributed by atoms with van der Waals surface area (Å²) in [4.78, 5) is 36.8. The first-order valence-corrected chi connectivity index (χ1v) is 9.46. The third-order valence-electron chi connectivity index (χ3n) is 4.68. The fourth-order valence-electron chi connectivity index (χ4n) is 3.00. The van der Waals surface area contributed by atoms with Gasteiger partial charge in [-0.25, -0.2) is 4.79 Å². The average molecular weight is 388 g/mol. The van der Waals surface area contributed by atoms with E-state index in [4.69, 9.17) is 4.74 Å². The lowest BCUT2D eigenvalue weighted by Gasteiger charge is -2.11. The fraction of sp³-hybridized carbons (Fsp3) is 0.174. The maximum atomic E-state index is 12.3. The Morgan fingerprint density at radius 1 is 0.897 bits per heavy atom. The molecule has 2 N–H and O–H groups in total. The van der Waals surface area contributed by atoms with Crippen LogP contribution in [0.5, 0.6) is 0 Å². The van der Waals surface area contributed by atoms with Gasteiger partial charge >= 0.3 is 5.97 Å². The number of nitrogens with one attached hydrogen (secondary N) is 2. The number of fused-ring (bicyclic) bond motifs is 1. The SMILES string of the molecule is O=C(COC(=O)c1ccc2ccccc2c1)Nc1ccccc1C(=O)NC1CC1. The predicted octanol–water partition coefficient (Wildman–Crippen LogP) is 3.53. The van der Waals surface area contributed by atoms with Crippen LogP contribution >= 0.6 is 0 Å². The molecule has 0 unspecified atom stereocenters. The minimum Gasteiger partial charge on any atom is -0.452 e. The maximum Gasteiger partial charge on any atom is 0.338 e. The summed E-state index contributed by atoms with van der Waals surface area (Å²) in [5, 5.41) is 7.47. The summed E-state index contributed by atoms with van der Waals surface area (Å²) < 4.78 is 5.13. The third kappa shape index (κ3) is 4.60. The van der Waals surface area contributed by atoms with Gasteiger partial charge in [0.25, 0.3) is 11.8 Å². The first-order chi connectivity index (χ1) is 14.1. The Bertz CT molecular complexity index is 1090. The summed E-state index contributed by atoms with van der Waals surface area (Å²) in [6.45, 7) is -0.440. The molecule has 0 saturated heterocycles. The monoisotopic (exact) mass is 388 g/mol. The molecular formula is C23H20N2O4. The zero-order chi connectivity index (χ0) is 20.2. The molecule has 6 heteroatoms. The number of carbonyl (C=O) groups excluding carboxylic acids is 3. The van der Waals surface area contributed by atoms with E-state index in [0.717, 1.165) is 23.6 Å². The van der Waals surface area contributed by atoms with Gasteiger partial charge in [-0.1, -0.05) is 42.5 Å². The van der Waals surface area contributed by atoms with Gasteiger partial charge in [0, 0.05) is 6.04 Å². The summed E-state index contributed by atoms with van der Waals surface area (Å²) in [5.41, 5.74) is 1.15. The topological polar surface area (TPSA) is 84.5 Å². The van der Waals surface area contributed by atoms with Crippen molar-refractivity contribution in [2.24, 2.45) is 0 Å². The van der Waals surface area contributed by atoms with Crippen molar-refractivity contribution in [2.45, 2.75) is 18.9 Å². The van der Waals surface area contributed by atoms with Crippen LogP contribution in [0.15, 0.2) is 66.7 Å². The first-order valence-electron chi connectivity index (χ1n) is 9.46. The van der Waals surface area contributed by atoms with Gasteiger partial charge in [-0.15, -0.1) is 0 Å². The number of ether oxygens (including phenoxy) is 1. The van der Waals surface area contributed by atoms with Gasteiger partial charge in [0.1, 0.15) is 0 Å². The summed E-state index contributed by atoms with van der Waals surface area (Å²) in [7, 11) is 0. The van der Waals surface area contributed by atoms with Crippen LogP contribution in [0, 0.1) is 0 Å². The van der Waals surface area contributed by atoms with E-state index in [1.807, 2.05) is 30.3 Å². The Hall–Kier alpha value is -3.67. The Balaban J connectivity index is 1.37. The van der Waals surface area contributed by atoms with Gasteiger partial charge in [-0.3, -0.25) is 9.59 Å². The van der Waals surface area contributed by atoms with Crippen molar-refractivity contribution in [1.82, 2.24) is 5.32 Å². The van der Waals surface area contributed by atoms with Crippen LogP contribution in [0.4, 0.5) is 5.69 Å². The second-order valence-corrected chi connectivity index (χ2v) is 6.98. The summed E-state index contributed by atoms with van der Waals surface area (Å²) in [6, 6.07) is 19.9. The van der Waals surface area contributed by atoms with Crippen molar-refractivity contribution in [3.8, 4) is 0 Å². The molecule has 3 aromatic carbocycles. The molecule has 1 fully saturated rings. The minimum atomic E-state index is -0.578. The molecule has 1 aliphatic carbocycles. The molecule has 2 amide bonds. The Kier molecular flexibility index (Phi) is 5.24. The van der Waals surface area contributed by atoms with Crippen molar-refractivity contribution in [1.29, 1.82) is 0 Å². The molecule has 29 heavy (non-hydrogen) atoms. The molecule has 0 radical (unpaired) electrons. The Morgan fingerprint density at radius 3 is 2.41 bits per heavy atom. The zero-order valence-electron chi connectivity index (χ0n) is 15.7. The van der Waals surface area contributed by atoms with E-state index in [1.54, 1.807) is 36.4 Å². The summed E-state index contributed by atoms with van der Waals surface area (Å²) >= 11 is 0. The van der Waals surface area contributed by atoms with Crippen molar-refractivity contribution >= 4 is 34.2 Å². The highest BCUT2D eigenvalue weighted by Gasteiger charge is 2.25. The predicted molar refractivity (Wildman–Crippen MR) is 110 cm³/mol. The van der Waals surface area contributed by atoms with E-state index < -0.39 is 18.5 Å². The molecule has 1 saturated carbocycles. The van der Waals surface area contributed by atoms with Crippen LogP contribution in [0.25, 0.3) is 10.8 Å². The Morgan fingerprint density at radius 2 is 1.62 bits per heavy atom. The van der Waals surface area contributed by atoms with Crippen LogP contribution in [-0.4, -0.2) is 30.4 Å². The number of anilines is 1. The Labute approximate surface area is 167 Å². The average Bonchev–Trinajstić information content (AvgIpc) is 3.56. The second-order valence-electron chi connectivity index (χ2n) is 6.98. The molecular weight excluding hydrogens is 368 g/mol. The van der Waals surface area contributed by atoms with Gasteiger partial charge in [-0.2, -0.15) is 0 Å². The van der Waals surface area contributed by atoms with Gasteiger partial charge < -0.3 is 15.4 Å². The summed E-state index contributed by atoms with van der Waals surface area (Å²) in [6.07, 6.45) is 1.95. The highest BCUT2D eigenvalue weighted by atomic mass is 16.5. The molecule has 4 rings (SSSR count). The van der Waals surface area contributed by atoms with E-state index in [-0.39, 0.29) is 11.9 Å². The molecule has 0 spiro atoms. The van der Waals surface area contributed by atoms with Crippen LogP contribution in [0.3, 0.4) is 0 Å². The van der Waals surface area contributed by atoms with E-state index >= 15 is 0 Å². The van der Waals surface area contributed by atoms with Crippen LogP contribution in [0.2, 0.25) is 0 Å². The molecule has 1 aliphatic rings. The van der Waals surface area contributed by atoms with Gasteiger partial charge in [0.05, 0.1) is 16.8 Å². The quantitative estimate of drug-likeness (QED) is 0.633. The molecule has 6 nitrogen and oxygen atoms in total. The van der Waals surface area contributed by atoms with Gasteiger partial charge in [-0.05, 0) is 47.9 Å². The number of rotatable bonds is 6. The lowest BCUT2D eigenvalue weighted by atomic mass is 10.1. The molecule has 0 atom stereocenters. The largest absolute Gasteiger partial charge is 0.452 e. The van der Waals surface area contributed by atoms with E-state index in [1.165, 1.54) is 0 Å². The number of amides is 2. The van der Waals surface area contributed by atoms with Gasteiger partial charge in [0.15, 0.2) is 6.61 Å². The summed E-state index contributed by atoms with van der Waals surface area (Å²) in [5.74, 6) is -1.31. The van der Waals surface area contributed by atoms with E-state index in [2.05, 4.69) is 10.6 Å². The van der Waals surface area contributed by atoms with Crippen molar-refractivity contribution in [3.05, 3.63) is 77.9 Å². The number of esters is 1. The standard InChI is InChI=1S/C23H20N2O4/c26-21(25-20-8-4-3-7-19(20)22(27)24-18-11-12-18)14-29-23(28)17-10-9-15-5-1-2-6-16(15)13-17/h1-10,13,18H,11-12,14H2,(H,24,27)(H,25,26). The lowest BCUT2D eigenvalue weighted by Crippen LogP contribution is -2.28. The highest BCUT2D eigenvalue weighted by Crippen LogP contribution is 2.21. The number of benzene rings is 3. The molecule has 3 aromatic rings. The molecule has 0 aliphatic heterocycles. The molecule has 146 valence electrons. The lowest BCUT2D eigenvalue weighted by molar-refractivity contribution is -0.119. The zero-order valence-corrected chi connectivity index (χ0v) is 15.7. The number of carbonyl (C=O) groups is 3. The molecule has 0 bridgehead atoms. The van der Waals surface area contributed by atoms with Crippen LogP contribution in [-0.2, 0) is 9.53 Å². The smallest absolute Gasteiger partial charge is 0.338 e. The maximum absolute atomic E-state index is 12.3. The number of hydrogen-bond donors (Lipinski definition) is 2. The van der Waals surface area contributed by atoms with E-state index in [0.29, 0.717) is 16.8 Å². The number of hydrogen-bond acceptors (Lipinski definition) is 4. The van der Waals surface area contributed by atoms with Gasteiger partial charge in [0.2, 0.25) is 0 Å². The van der Waals surface area contributed by atoms with Crippen LogP contribution < -0.4 is 10.6 Å². The van der Waals surface area contributed by atoms with Crippen molar-refractivity contribution < 1.29 is 19.1 Å². The van der Waals surface area contributed by atoms with Crippen LogP contribution in [0.1, 0.15) is 33.6 Å². The third-order valence-corrected chi connectivity index (χ3v) is 4.68. The van der Waals surface area contributed by atoms with E-state index in [9.17, 15) is 14.4 Å². The highest BCUT2D eigenvalue weighted by molar-refractivity contribution is 6.04. The van der Waals surface area contributed by atoms with Crippen molar-refractivity contribution in [2.75, 3.05) is 11.9 Å². The van der Waals surface area contributed by atoms with Crippen molar-refractivity contribution in [3.63, 3.8) is 0 Å².